The summed E-state index contributed by atoms with van der Waals surface area (Å²) in [4.78, 5) is 13.5. The van der Waals surface area contributed by atoms with E-state index in [1.54, 1.807) is 43.5 Å². The number of sulfonamides is 1. The third-order valence-corrected chi connectivity index (χ3v) is 7.78. The molecule has 0 aliphatic carbocycles. The zero-order chi connectivity index (χ0) is 26.4. The highest BCUT2D eigenvalue weighted by atomic mass is 32.2. The van der Waals surface area contributed by atoms with Crippen LogP contribution in [0.4, 0.5) is 5.69 Å². The summed E-state index contributed by atoms with van der Waals surface area (Å²) < 4.78 is 45.0. The van der Waals surface area contributed by atoms with Crippen LogP contribution in [0.2, 0.25) is 0 Å². The highest BCUT2D eigenvalue weighted by molar-refractivity contribution is 7.92. The van der Waals surface area contributed by atoms with E-state index in [0.29, 0.717) is 42.7 Å². The third-order valence-electron chi connectivity index (χ3n) is 5.99. The van der Waals surface area contributed by atoms with Crippen molar-refractivity contribution in [3.8, 4) is 17.2 Å². The Labute approximate surface area is 218 Å². The van der Waals surface area contributed by atoms with E-state index in [2.05, 4.69) is 19.2 Å². The van der Waals surface area contributed by atoms with E-state index in [-0.39, 0.29) is 10.9 Å². The molecule has 1 N–H and O–H groups in total. The summed E-state index contributed by atoms with van der Waals surface area (Å²) in [6.45, 7) is 4.53. The van der Waals surface area contributed by atoms with Crippen molar-refractivity contribution < 1.29 is 27.4 Å². The number of nitrogens with zero attached hydrogens (tertiary/aromatic N) is 1. The second kappa shape index (κ2) is 11.6. The van der Waals surface area contributed by atoms with Crippen molar-refractivity contribution in [2.75, 3.05) is 31.2 Å². The first-order chi connectivity index (χ1) is 17.8. The number of hydrogen-bond donors (Lipinski definition) is 1. The van der Waals surface area contributed by atoms with Gasteiger partial charge in [-0.2, -0.15) is 0 Å². The van der Waals surface area contributed by atoms with E-state index in [4.69, 9.17) is 14.2 Å². The average molecular weight is 525 g/mol. The van der Waals surface area contributed by atoms with Crippen LogP contribution in [0.25, 0.3) is 0 Å². The van der Waals surface area contributed by atoms with E-state index in [1.807, 2.05) is 24.3 Å². The Bertz CT molecular complexity index is 1310. The molecule has 0 fully saturated rings. The summed E-state index contributed by atoms with van der Waals surface area (Å²) in [6, 6.07) is 20.2. The highest BCUT2D eigenvalue weighted by Crippen LogP contribution is 2.36. The smallest absolute Gasteiger partial charge is 0.264 e. The van der Waals surface area contributed by atoms with Gasteiger partial charge in [0.15, 0.2) is 11.5 Å². The number of nitrogens with one attached hydrogen (secondary N) is 1. The van der Waals surface area contributed by atoms with Gasteiger partial charge in [0.05, 0.1) is 23.7 Å². The number of hydrogen-bond acceptors (Lipinski definition) is 6. The zero-order valence-corrected chi connectivity index (χ0v) is 22.0. The number of fused-ring (bicyclic) bond motifs is 1. The molecule has 0 aromatic heterocycles. The van der Waals surface area contributed by atoms with Gasteiger partial charge < -0.3 is 19.5 Å². The Morgan fingerprint density at radius 3 is 2.30 bits per heavy atom. The molecule has 0 bridgehead atoms. The number of anilines is 1. The van der Waals surface area contributed by atoms with Gasteiger partial charge in [-0.3, -0.25) is 9.10 Å². The van der Waals surface area contributed by atoms with Crippen LogP contribution in [-0.2, 0) is 14.8 Å². The van der Waals surface area contributed by atoms with E-state index in [9.17, 15) is 13.2 Å². The van der Waals surface area contributed by atoms with Gasteiger partial charge in [0.25, 0.3) is 10.0 Å². The van der Waals surface area contributed by atoms with Crippen molar-refractivity contribution in [2.45, 2.75) is 31.2 Å². The number of rotatable bonds is 10. The number of amides is 1. The molecule has 0 saturated carbocycles. The summed E-state index contributed by atoms with van der Waals surface area (Å²) in [7, 11) is -2.45. The SMILES string of the molecule is COc1ccc([C@@H](CC(C)C)NC(=O)CN(c2ccc3c(c2)OCCO3)S(=O)(=O)c2ccccc2)cc1. The molecule has 8 nitrogen and oxygen atoms in total. The van der Waals surface area contributed by atoms with Gasteiger partial charge >= 0.3 is 0 Å². The topological polar surface area (TPSA) is 94.2 Å². The van der Waals surface area contributed by atoms with Crippen molar-refractivity contribution in [1.29, 1.82) is 0 Å². The minimum Gasteiger partial charge on any atom is -0.497 e. The Morgan fingerprint density at radius 2 is 1.65 bits per heavy atom. The summed E-state index contributed by atoms with van der Waals surface area (Å²) >= 11 is 0. The van der Waals surface area contributed by atoms with Gasteiger partial charge in [0.1, 0.15) is 25.5 Å². The van der Waals surface area contributed by atoms with Gasteiger partial charge in [-0.1, -0.05) is 44.2 Å². The molecule has 0 saturated heterocycles. The lowest BCUT2D eigenvalue weighted by Gasteiger charge is -2.28. The van der Waals surface area contributed by atoms with Gasteiger partial charge in [0.2, 0.25) is 5.91 Å². The first-order valence-electron chi connectivity index (χ1n) is 12.2. The molecule has 37 heavy (non-hydrogen) atoms. The monoisotopic (exact) mass is 524 g/mol. The van der Waals surface area contributed by atoms with Crippen LogP contribution in [0.1, 0.15) is 31.9 Å². The van der Waals surface area contributed by atoms with E-state index in [1.165, 1.54) is 12.1 Å². The van der Waals surface area contributed by atoms with Gasteiger partial charge in [0, 0.05) is 6.07 Å². The number of carbonyl (C=O) groups is 1. The maximum Gasteiger partial charge on any atom is 0.264 e. The van der Waals surface area contributed by atoms with Crippen molar-refractivity contribution in [1.82, 2.24) is 5.32 Å². The molecule has 0 spiro atoms. The van der Waals surface area contributed by atoms with Crippen molar-refractivity contribution in [3.63, 3.8) is 0 Å². The van der Waals surface area contributed by atoms with E-state index >= 15 is 0 Å². The zero-order valence-electron chi connectivity index (χ0n) is 21.2. The Kier molecular flexibility index (Phi) is 8.23. The first-order valence-corrected chi connectivity index (χ1v) is 13.6. The largest absolute Gasteiger partial charge is 0.497 e. The molecule has 1 amide bonds. The quantitative estimate of drug-likeness (QED) is 0.418. The molecular weight excluding hydrogens is 492 g/mol. The summed E-state index contributed by atoms with van der Waals surface area (Å²) in [5, 5.41) is 3.05. The van der Waals surface area contributed by atoms with Crippen LogP contribution in [0.3, 0.4) is 0 Å². The standard InChI is InChI=1S/C28H32N2O6S/c1-20(2)17-25(21-9-12-23(34-3)13-10-21)29-28(31)19-30(37(32,33)24-7-5-4-6-8-24)22-11-14-26-27(18-22)36-16-15-35-26/h4-14,18,20,25H,15-17,19H2,1-3H3,(H,29,31)/t25-/m1/s1. The minimum absolute atomic E-state index is 0.0894. The molecule has 0 unspecified atom stereocenters. The molecule has 0 radical (unpaired) electrons. The van der Waals surface area contributed by atoms with Gasteiger partial charge in [-0.05, 0) is 54.3 Å². The number of benzene rings is 3. The lowest BCUT2D eigenvalue weighted by atomic mass is 9.97. The molecule has 1 atom stereocenters. The van der Waals surface area contributed by atoms with Crippen molar-refractivity contribution >= 4 is 21.6 Å². The second-order valence-corrected chi connectivity index (χ2v) is 11.0. The Morgan fingerprint density at radius 1 is 0.973 bits per heavy atom. The van der Waals surface area contributed by atoms with Gasteiger partial charge in [-0.15, -0.1) is 0 Å². The van der Waals surface area contributed by atoms with Crippen LogP contribution in [0, 0.1) is 5.92 Å². The first kappa shape index (κ1) is 26.3. The maximum atomic E-state index is 13.7. The molecule has 3 aromatic carbocycles. The van der Waals surface area contributed by atoms with Gasteiger partial charge in [-0.25, -0.2) is 8.42 Å². The molecule has 1 heterocycles. The number of carbonyl (C=O) groups excluding carboxylic acids is 1. The molecular formula is C28H32N2O6S. The fourth-order valence-corrected chi connectivity index (χ4v) is 5.61. The van der Waals surface area contributed by atoms with Crippen LogP contribution in [-0.4, -0.2) is 41.2 Å². The predicted molar refractivity (Wildman–Crippen MR) is 142 cm³/mol. The van der Waals surface area contributed by atoms with E-state index in [0.717, 1.165) is 15.6 Å². The number of ether oxygens (including phenoxy) is 3. The lowest BCUT2D eigenvalue weighted by Crippen LogP contribution is -2.42. The summed E-state index contributed by atoms with van der Waals surface area (Å²) in [6.07, 6.45) is 0.688. The lowest BCUT2D eigenvalue weighted by molar-refractivity contribution is -0.120. The molecule has 1 aliphatic heterocycles. The van der Waals surface area contributed by atoms with Crippen LogP contribution >= 0.6 is 0 Å². The second-order valence-electron chi connectivity index (χ2n) is 9.18. The van der Waals surface area contributed by atoms with Crippen molar-refractivity contribution in [2.24, 2.45) is 5.92 Å². The fraction of sp³-hybridized carbons (Fsp3) is 0.321. The third kappa shape index (κ3) is 6.35. The summed E-state index contributed by atoms with van der Waals surface area (Å²) in [5.74, 6) is 1.57. The molecule has 1 aliphatic rings. The van der Waals surface area contributed by atoms with Crippen LogP contribution in [0.5, 0.6) is 17.2 Å². The molecule has 4 rings (SSSR count). The Hall–Kier alpha value is -3.72. The van der Waals surface area contributed by atoms with E-state index < -0.39 is 22.5 Å². The average Bonchev–Trinajstić information content (AvgIpc) is 2.91. The minimum atomic E-state index is -4.05. The van der Waals surface area contributed by atoms with Crippen LogP contribution < -0.4 is 23.8 Å². The Balaban J connectivity index is 1.64. The highest BCUT2D eigenvalue weighted by Gasteiger charge is 2.29. The normalized spacial score (nSPS) is 13.6. The summed E-state index contributed by atoms with van der Waals surface area (Å²) in [5.41, 5.74) is 1.23. The molecule has 9 heteroatoms. The molecule has 3 aromatic rings. The van der Waals surface area contributed by atoms with Crippen LogP contribution in [0.15, 0.2) is 77.7 Å². The molecule has 196 valence electrons. The van der Waals surface area contributed by atoms with Crippen molar-refractivity contribution in [3.05, 3.63) is 78.4 Å². The number of methoxy groups -OCH3 is 1. The maximum absolute atomic E-state index is 13.7. The fourth-order valence-electron chi connectivity index (χ4n) is 4.18. The predicted octanol–water partition coefficient (Wildman–Crippen LogP) is 4.57.